The van der Waals surface area contributed by atoms with Crippen LogP contribution in [0.1, 0.15) is 23.5 Å². The van der Waals surface area contributed by atoms with E-state index >= 15 is 0 Å². The van der Waals surface area contributed by atoms with Gasteiger partial charge in [-0.05, 0) is 47.9 Å². The molecule has 0 heterocycles. The zero-order valence-electron chi connectivity index (χ0n) is 11.1. The summed E-state index contributed by atoms with van der Waals surface area (Å²) in [5, 5.41) is 0. The molecule has 1 nitrogen and oxygen atoms in total. The number of nitrogens with two attached hydrogens (primary N) is 1. The minimum absolute atomic E-state index is 0.0240. The Kier molecular flexibility index (Phi) is 3.90. The maximum Gasteiger partial charge on any atom is 0.127 e. The van der Waals surface area contributed by atoms with Gasteiger partial charge in [0, 0.05) is 10.5 Å². The summed E-state index contributed by atoms with van der Waals surface area (Å²) in [4.78, 5) is 0. The third kappa shape index (κ3) is 2.94. The van der Waals surface area contributed by atoms with Gasteiger partial charge in [-0.15, -0.1) is 0 Å². The third-order valence-electron chi connectivity index (χ3n) is 4.09. The Morgan fingerprint density at radius 3 is 2.65 bits per heavy atom. The molecule has 1 aliphatic rings. The van der Waals surface area contributed by atoms with Crippen LogP contribution < -0.4 is 5.73 Å². The second-order valence-corrected chi connectivity index (χ2v) is 6.44. The van der Waals surface area contributed by atoms with Gasteiger partial charge in [-0.2, -0.15) is 0 Å². The lowest BCUT2D eigenvalue weighted by Crippen LogP contribution is -2.26. The molecule has 0 spiro atoms. The number of hydrogen-bond donors (Lipinski definition) is 1. The van der Waals surface area contributed by atoms with Crippen LogP contribution >= 0.6 is 15.9 Å². The van der Waals surface area contributed by atoms with Crippen LogP contribution in [0.2, 0.25) is 0 Å². The molecule has 3 unspecified atom stereocenters. The molecule has 2 N–H and O–H groups in total. The molecule has 1 aliphatic carbocycles. The molecule has 0 radical (unpaired) electrons. The largest absolute Gasteiger partial charge is 0.327 e. The van der Waals surface area contributed by atoms with E-state index in [4.69, 9.17) is 5.73 Å². The summed E-state index contributed by atoms with van der Waals surface area (Å²) in [6, 6.07) is 15.7. The predicted octanol–water partition coefficient (Wildman–Crippen LogP) is 4.26. The van der Waals surface area contributed by atoms with Crippen LogP contribution in [-0.4, -0.2) is 6.04 Å². The standard InChI is InChI=1S/C17H17BrFN/c18-13-7-6-12(16(19)9-13)8-17(20)15-10-14(15)11-4-2-1-3-5-11/h1-7,9,14-15,17H,8,10,20H2. The van der Waals surface area contributed by atoms with Crippen LogP contribution in [0.15, 0.2) is 53.0 Å². The summed E-state index contributed by atoms with van der Waals surface area (Å²) >= 11 is 3.27. The Morgan fingerprint density at radius 2 is 1.95 bits per heavy atom. The molecule has 2 aromatic carbocycles. The summed E-state index contributed by atoms with van der Waals surface area (Å²) in [6.07, 6.45) is 1.72. The number of halogens is 2. The molecule has 0 bridgehead atoms. The molecule has 3 rings (SSSR count). The fraction of sp³-hybridized carbons (Fsp3) is 0.294. The summed E-state index contributed by atoms with van der Waals surface area (Å²) in [6.45, 7) is 0. The first-order valence-electron chi connectivity index (χ1n) is 6.89. The van der Waals surface area contributed by atoms with E-state index in [1.807, 2.05) is 18.2 Å². The van der Waals surface area contributed by atoms with Crippen LogP contribution in [0.25, 0.3) is 0 Å². The number of benzene rings is 2. The number of rotatable bonds is 4. The highest BCUT2D eigenvalue weighted by atomic mass is 79.9. The Balaban J connectivity index is 1.65. The molecular weight excluding hydrogens is 317 g/mol. The smallest absolute Gasteiger partial charge is 0.127 e. The molecule has 0 aliphatic heterocycles. The average Bonchev–Trinajstić information content (AvgIpc) is 3.23. The first-order chi connectivity index (χ1) is 9.65. The summed E-state index contributed by atoms with van der Waals surface area (Å²) in [7, 11) is 0. The molecular formula is C17H17BrFN. The lowest BCUT2D eigenvalue weighted by Gasteiger charge is -2.12. The van der Waals surface area contributed by atoms with E-state index in [0.717, 1.165) is 10.9 Å². The van der Waals surface area contributed by atoms with E-state index in [1.165, 1.54) is 11.6 Å². The predicted molar refractivity (Wildman–Crippen MR) is 83.1 cm³/mol. The van der Waals surface area contributed by atoms with Gasteiger partial charge < -0.3 is 5.73 Å². The number of hydrogen-bond acceptors (Lipinski definition) is 1. The average molecular weight is 334 g/mol. The monoisotopic (exact) mass is 333 g/mol. The van der Waals surface area contributed by atoms with Gasteiger partial charge in [0.15, 0.2) is 0 Å². The van der Waals surface area contributed by atoms with Crippen LogP contribution in [0.5, 0.6) is 0 Å². The lowest BCUT2D eigenvalue weighted by molar-refractivity contribution is 0.546. The van der Waals surface area contributed by atoms with E-state index < -0.39 is 0 Å². The minimum Gasteiger partial charge on any atom is -0.327 e. The summed E-state index contributed by atoms with van der Waals surface area (Å²) < 4.78 is 14.6. The molecule has 20 heavy (non-hydrogen) atoms. The Morgan fingerprint density at radius 1 is 1.20 bits per heavy atom. The minimum atomic E-state index is -0.174. The zero-order chi connectivity index (χ0) is 14.1. The van der Waals surface area contributed by atoms with Crippen LogP contribution in [0.4, 0.5) is 4.39 Å². The van der Waals surface area contributed by atoms with Gasteiger partial charge in [0.1, 0.15) is 5.82 Å². The topological polar surface area (TPSA) is 26.0 Å². The first kappa shape index (κ1) is 13.8. The van der Waals surface area contributed by atoms with Crippen molar-refractivity contribution in [3.8, 4) is 0 Å². The maximum atomic E-state index is 13.8. The molecule has 104 valence electrons. The molecule has 0 amide bonds. The second-order valence-electron chi connectivity index (χ2n) is 5.52. The van der Waals surface area contributed by atoms with Crippen molar-refractivity contribution in [3.63, 3.8) is 0 Å². The molecule has 2 aromatic rings. The van der Waals surface area contributed by atoms with Gasteiger partial charge >= 0.3 is 0 Å². The molecule has 3 atom stereocenters. The van der Waals surface area contributed by atoms with Crippen molar-refractivity contribution < 1.29 is 4.39 Å². The van der Waals surface area contributed by atoms with Crippen molar-refractivity contribution in [2.75, 3.05) is 0 Å². The van der Waals surface area contributed by atoms with Gasteiger partial charge in [0.05, 0.1) is 0 Å². The molecule has 0 aromatic heterocycles. The Labute approximate surface area is 127 Å². The van der Waals surface area contributed by atoms with E-state index in [9.17, 15) is 4.39 Å². The highest BCUT2D eigenvalue weighted by Crippen LogP contribution is 2.49. The maximum absolute atomic E-state index is 13.8. The molecule has 1 saturated carbocycles. The molecule has 3 heteroatoms. The van der Waals surface area contributed by atoms with E-state index in [2.05, 4.69) is 40.2 Å². The van der Waals surface area contributed by atoms with Crippen molar-refractivity contribution in [2.45, 2.75) is 24.8 Å². The van der Waals surface area contributed by atoms with Crippen LogP contribution in [0, 0.1) is 11.7 Å². The van der Waals surface area contributed by atoms with E-state index in [-0.39, 0.29) is 11.9 Å². The highest BCUT2D eigenvalue weighted by molar-refractivity contribution is 9.10. The Bertz CT molecular complexity index is 599. The highest BCUT2D eigenvalue weighted by Gasteiger charge is 2.42. The Hall–Kier alpha value is -1.19. The van der Waals surface area contributed by atoms with E-state index in [1.54, 1.807) is 0 Å². The van der Waals surface area contributed by atoms with Crippen LogP contribution in [0.3, 0.4) is 0 Å². The van der Waals surface area contributed by atoms with Crippen molar-refractivity contribution in [2.24, 2.45) is 11.7 Å². The lowest BCUT2D eigenvalue weighted by atomic mass is 9.99. The second kappa shape index (κ2) is 5.66. The SMILES string of the molecule is NC(Cc1ccc(Br)cc1F)C1CC1c1ccccc1. The van der Waals surface area contributed by atoms with Gasteiger partial charge in [-0.25, -0.2) is 4.39 Å². The van der Waals surface area contributed by atoms with Gasteiger partial charge in [-0.1, -0.05) is 52.3 Å². The molecule has 1 fully saturated rings. The van der Waals surface area contributed by atoms with Crippen molar-refractivity contribution in [3.05, 3.63) is 69.9 Å². The normalized spacial score (nSPS) is 22.6. The fourth-order valence-electron chi connectivity index (χ4n) is 2.86. The van der Waals surface area contributed by atoms with Gasteiger partial charge in [-0.3, -0.25) is 0 Å². The van der Waals surface area contributed by atoms with Crippen LogP contribution in [-0.2, 0) is 6.42 Å². The zero-order valence-corrected chi connectivity index (χ0v) is 12.7. The van der Waals surface area contributed by atoms with Gasteiger partial charge in [0.25, 0.3) is 0 Å². The van der Waals surface area contributed by atoms with Crippen molar-refractivity contribution >= 4 is 15.9 Å². The summed E-state index contributed by atoms with van der Waals surface area (Å²) in [5.41, 5.74) is 8.33. The molecule has 0 saturated heterocycles. The third-order valence-corrected chi connectivity index (χ3v) is 4.58. The van der Waals surface area contributed by atoms with Crippen molar-refractivity contribution in [1.29, 1.82) is 0 Å². The van der Waals surface area contributed by atoms with Crippen molar-refractivity contribution in [1.82, 2.24) is 0 Å². The van der Waals surface area contributed by atoms with Gasteiger partial charge in [0.2, 0.25) is 0 Å². The fourth-order valence-corrected chi connectivity index (χ4v) is 3.20. The van der Waals surface area contributed by atoms with E-state index in [0.29, 0.717) is 23.8 Å². The summed E-state index contributed by atoms with van der Waals surface area (Å²) in [5.74, 6) is 0.844. The quantitative estimate of drug-likeness (QED) is 0.888. The first-order valence-corrected chi connectivity index (χ1v) is 7.69.